The fourth-order valence-corrected chi connectivity index (χ4v) is 9.37. The smallest absolute Gasteiger partial charge is 0.230 e. The topological polar surface area (TPSA) is 114 Å². The van der Waals surface area contributed by atoms with Gasteiger partial charge in [-0.2, -0.15) is 0 Å². The van der Waals surface area contributed by atoms with Gasteiger partial charge in [-0.3, -0.25) is 4.90 Å². The van der Waals surface area contributed by atoms with E-state index in [0.29, 0.717) is 95.5 Å². The van der Waals surface area contributed by atoms with Crippen molar-refractivity contribution in [3.05, 3.63) is 92.5 Å². The molecule has 13 nitrogen and oxygen atoms in total. The predicted molar refractivity (Wildman–Crippen MR) is 219 cm³/mol. The highest BCUT2D eigenvalue weighted by molar-refractivity contribution is 5.65. The van der Waals surface area contributed by atoms with E-state index in [4.69, 9.17) is 56.8 Å². The Morgan fingerprint density at radius 2 is 0.650 bits per heavy atom. The first-order valence-corrected chi connectivity index (χ1v) is 21.2. The summed E-state index contributed by atoms with van der Waals surface area (Å²) >= 11 is 0. The van der Waals surface area contributed by atoms with Crippen molar-refractivity contribution in [2.24, 2.45) is 0 Å². The Balaban J connectivity index is 1.16. The molecule has 60 heavy (non-hydrogen) atoms. The number of hydrogen-bond acceptors (Lipinski definition) is 13. The molecule has 13 heteroatoms. The van der Waals surface area contributed by atoms with Crippen molar-refractivity contribution in [1.82, 2.24) is 4.90 Å². The Bertz CT molecular complexity index is 2100. The Morgan fingerprint density at radius 3 is 1.00 bits per heavy atom. The maximum atomic E-state index is 6.74. The second kappa shape index (κ2) is 16.9. The first kappa shape index (κ1) is 39.2. The molecule has 0 radical (unpaired) electrons. The van der Waals surface area contributed by atoms with Crippen LogP contribution in [0.1, 0.15) is 101 Å². The third kappa shape index (κ3) is 7.34. The van der Waals surface area contributed by atoms with E-state index >= 15 is 0 Å². The van der Waals surface area contributed by atoms with Crippen LogP contribution in [0.25, 0.3) is 0 Å². The molecule has 6 aliphatic rings. The number of nitrogens with zero attached hydrogens (tertiary/aromatic N) is 1. The minimum Gasteiger partial charge on any atom is -0.457 e. The summed E-state index contributed by atoms with van der Waals surface area (Å²) < 4.78 is 75.3. The second-order valence-corrected chi connectivity index (χ2v) is 16.2. The van der Waals surface area contributed by atoms with E-state index in [2.05, 4.69) is 56.9 Å². The zero-order valence-electron chi connectivity index (χ0n) is 34.8. The van der Waals surface area contributed by atoms with Gasteiger partial charge in [-0.05, 0) is 24.3 Å². The maximum Gasteiger partial charge on any atom is 0.230 e. The van der Waals surface area contributed by atoms with Crippen LogP contribution in [0.4, 0.5) is 0 Å². The zero-order chi connectivity index (χ0) is 40.7. The predicted octanol–water partition coefficient (Wildman–Crippen LogP) is 7.40. The fourth-order valence-electron chi connectivity index (χ4n) is 9.37. The highest BCUT2D eigenvalue weighted by Crippen LogP contribution is 2.53. The van der Waals surface area contributed by atoms with E-state index in [9.17, 15) is 0 Å². The van der Waals surface area contributed by atoms with E-state index in [1.54, 1.807) is 0 Å². The Kier molecular flexibility index (Phi) is 11.0. The van der Waals surface area contributed by atoms with Crippen molar-refractivity contribution < 1.29 is 56.8 Å². The van der Waals surface area contributed by atoms with E-state index < -0.39 is 0 Å². The lowest BCUT2D eigenvalue weighted by atomic mass is 9.79. The summed E-state index contributed by atoms with van der Waals surface area (Å²) in [6.07, 6.45) is 0. The lowest BCUT2D eigenvalue weighted by molar-refractivity contribution is 0.00206. The Hall–Kier alpha value is -4.92. The molecule has 4 aromatic rings. The minimum absolute atomic E-state index is 0.0105. The molecule has 4 atom stereocenters. The standard InChI is InChI=1S/C47H53NO12/c1-27-31-15-32-28(2)34-17-36-30(4)38-18-37-29(3)35-16-33(27)42-20-44(35)57-25-59-46(37)39(22-48-5-7-49-9-11-51-13-14-52-12-10-50-8-6-48)47(38)60-26-58-45(36)21-43(34)56-24-54-41(32)19-40(31)53-23-55-42/h15-21,27-30H,5-14,22-26H2,1-4H3/t27-,28+,29-,30+. The molecule has 0 aromatic heterocycles. The summed E-state index contributed by atoms with van der Waals surface area (Å²) in [6.45, 7) is 14.9. The number of rotatable bonds is 2. The third-order valence-electron chi connectivity index (χ3n) is 12.8. The Labute approximate surface area is 350 Å². The van der Waals surface area contributed by atoms with Gasteiger partial charge in [0.05, 0.1) is 58.4 Å². The van der Waals surface area contributed by atoms with Crippen LogP contribution in [-0.2, 0) is 25.5 Å². The molecule has 5 heterocycles. The molecular formula is C47H53NO12. The third-order valence-corrected chi connectivity index (χ3v) is 12.8. The summed E-state index contributed by atoms with van der Waals surface area (Å²) in [7, 11) is 0. The number of hydrogen-bond donors (Lipinski definition) is 0. The van der Waals surface area contributed by atoms with E-state index in [1.807, 2.05) is 18.2 Å². The molecule has 10 rings (SSSR count). The molecule has 4 aromatic carbocycles. The first-order chi connectivity index (χ1) is 29.4. The van der Waals surface area contributed by atoms with Gasteiger partial charge in [0.25, 0.3) is 0 Å². The van der Waals surface area contributed by atoms with Crippen LogP contribution in [0.3, 0.4) is 0 Å². The molecule has 0 N–H and O–H groups in total. The summed E-state index contributed by atoms with van der Waals surface area (Å²) in [5, 5.41) is 0. The molecule has 8 bridgehead atoms. The summed E-state index contributed by atoms with van der Waals surface area (Å²) in [4.78, 5) is 2.34. The average Bonchev–Trinajstić information content (AvgIpc) is 3.25. The minimum atomic E-state index is -0.142. The van der Waals surface area contributed by atoms with Gasteiger partial charge >= 0.3 is 0 Å². The van der Waals surface area contributed by atoms with Crippen LogP contribution < -0.4 is 37.9 Å². The molecule has 1 aliphatic carbocycles. The van der Waals surface area contributed by atoms with Gasteiger partial charge in [-0.15, -0.1) is 0 Å². The van der Waals surface area contributed by atoms with Gasteiger partial charge in [-0.25, -0.2) is 0 Å². The van der Waals surface area contributed by atoms with E-state index in [0.717, 1.165) is 73.1 Å². The molecule has 0 saturated carbocycles. The zero-order valence-corrected chi connectivity index (χ0v) is 34.8. The summed E-state index contributed by atoms with van der Waals surface area (Å²) in [5.74, 6) is 5.32. The van der Waals surface area contributed by atoms with Gasteiger partial charge in [0, 0.05) is 106 Å². The number of ether oxygens (including phenoxy) is 12. The highest BCUT2D eigenvalue weighted by atomic mass is 16.7. The molecule has 1 fully saturated rings. The molecule has 5 aliphatic heterocycles. The monoisotopic (exact) mass is 823 g/mol. The van der Waals surface area contributed by atoms with Gasteiger partial charge < -0.3 is 56.8 Å². The van der Waals surface area contributed by atoms with Crippen molar-refractivity contribution >= 4 is 0 Å². The van der Waals surface area contributed by atoms with Gasteiger partial charge in [-0.1, -0.05) is 27.7 Å². The van der Waals surface area contributed by atoms with Crippen molar-refractivity contribution in [2.45, 2.75) is 57.9 Å². The SMILES string of the molecule is C[C@@H]1c2cc3c4cc2OCOc2cc5c(cc21)[C@@H](C)c1cc2c(c(CN6CCOCCOCCOCCOCC6)c1OCO5)OCOc1cc(c(cc1[C@@H]2C)[C@H]3C)OCO4. The van der Waals surface area contributed by atoms with Crippen LogP contribution >= 0.6 is 0 Å². The number of benzene rings is 4. The second-order valence-electron chi connectivity index (χ2n) is 16.2. The van der Waals surface area contributed by atoms with Crippen LogP contribution in [-0.4, -0.2) is 98.0 Å². The van der Waals surface area contributed by atoms with Crippen LogP contribution in [0.5, 0.6) is 46.0 Å². The van der Waals surface area contributed by atoms with Crippen LogP contribution in [0, 0.1) is 0 Å². The van der Waals surface area contributed by atoms with Crippen molar-refractivity contribution in [3.63, 3.8) is 0 Å². The maximum absolute atomic E-state index is 6.74. The van der Waals surface area contributed by atoms with E-state index in [-0.39, 0.29) is 50.8 Å². The molecular weight excluding hydrogens is 771 g/mol. The van der Waals surface area contributed by atoms with Crippen LogP contribution in [0.15, 0.2) is 42.5 Å². The van der Waals surface area contributed by atoms with Crippen molar-refractivity contribution in [1.29, 1.82) is 0 Å². The van der Waals surface area contributed by atoms with E-state index in [1.165, 1.54) is 0 Å². The van der Waals surface area contributed by atoms with Gasteiger partial charge in [0.1, 0.15) is 46.0 Å². The first-order valence-electron chi connectivity index (χ1n) is 21.2. The molecule has 1 saturated heterocycles. The van der Waals surface area contributed by atoms with Crippen molar-refractivity contribution in [3.8, 4) is 46.0 Å². The molecule has 0 unspecified atom stereocenters. The summed E-state index contributed by atoms with van der Waals surface area (Å²) in [6, 6.07) is 15.0. The largest absolute Gasteiger partial charge is 0.457 e. The lowest BCUT2D eigenvalue weighted by Gasteiger charge is -2.34. The Morgan fingerprint density at radius 1 is 0.367 bits per heavy atom. The molecule has 318 valence electrons. The highest BCUT2D eigenvalue weighted by Gasteiger charge is 2.36. The van der Waals surface area contributed by atoms with Gasteiger partial charge in [0.15, 0.2) is 0 Å². The van der Waals surface area contributed by atoms with Crippen molar-refractivity contribution in [2.75, 3.05) is 93.1 Å². The normalized spacial score (nSPS) is 23.9. The fraction of sp³-hybridized carbons (Fsp3) is 0.489. The van der Waals surface area contributed by atoms with Gasteiger partial charge in [0.2, 0.25) is 27.2 Å². The lowest BCUT2D eigenvalue weighted by Crippen LogP contribution is -2.32. The quantitative estimate of drug-likeness (QED) is 0.200. The van der Waals surface area contributed by atoms with Crippen LogP contribution in [0.2, 0.25) is 0 Å². The molecule has 0 spiro atoms. The summed E-state index contributed by atoms with van der Waals surface area (Å²) in [5.41, 5.74) is 9.34. The average molecular weight is 824 g/mol. The molecule has 0 amide bonds.